The van der Waals surface area contributed by atoms with Crippen LogP contribution in [0.4, 0.5) is 28.7 Å². The van der Waals surface area contributed by atoms with Crippen molar-refractivity contribution in [2.24, 2.45) is 40.2 Å². The lowest BCUT2D eigenvalue weighted by Crippen LogP contribution is -2.33. The number of hydrogen-bond acceptors (Lipinski definition) is 24. The molecule has 0 aliphatic carbocycles. The minimum absolute atomic E-state index is 0.00341. The summed E-state index contributed by atoms with van der Waals surface area (Å²) in [4.78, 5) is 150. The van der Waals surface area contributed by atoms with E-state index in [0.29, 0.717) is 120 Å². The molecule has 7 aromatic heterocycles. The summed E-state index contributed by atoms with van der Waals surface area (Å²) < 4.78 is 43.3. The van der Waals surface area contributed by atoms with Crippen LogP contribution >= 0.6 is 22.9 Å². The normalized spacial score (nSPS) is 12.2. The van der Waals surface area contributed by atoms with Crippen LogP contribution in [0.2, 0.25) is 5.02 Å². The van der Waals surface area contributed by atoms with Crippen molar-refractivity contribution in [2.75, 3.05) is 152 Å². The molecule has 0 bridgehead atoms. The molecular formula is C81H104ClN23O16S. The summed E-state index contributed by atoms with van der Waals surface area (Å²) in [6.07, 6.45) is 10.6. The second-order valence-corrected chi connectivity index (χ2v) is 30.1. The maximum absolute atomic E-state index is 13.6. The van der Waals surface area contributed by atoms with Gasteiger partial charge < -0.3 is 109 Å². The lowest BCUT2D eigenvalue weighted by atomic mass is 9.99. The molecule has 0 spiro atoms. The highest BCUT2D eigenvalue weighted by Crippen LogP contribution is 2.40. The van der Waals surface area contributed by atoms with Crippen molar-refractivity contribution < 1.29 is 76.4 Å². The average Bonchev–Trinajstić information content (AvgIpc) is 1.59. The van der Waals surface area contributed by atoms with E-state index in [2.05, 4.69) is 97.1 Å². The summed E-state index contributed by atoms with van der Waals surface area (Å²) in [7, 11) is 10.0. The van der Waals surface area contributed by atoms with Crippen molar-refractivity contribution in [2.45, 2.75) is 71.8 Å². The number of benzene rings is 2. The molecule has 0 unspecified atom stereocenters. The van der Waals surface area contributed by atoms with Crippen molar-refractivity contribution in [3.63, 3.8) is 0 Å². The highest BCUT2D eigenvalue weighted by molar-refractivity contribution is 7.15. The fourth-order valence-corrected chi connectivity index (χ4v) is 14.0. The van der Waals surface area contributed by atoms with Crippen LogP contribution in [0.15, 0.2) is 103 Å². The summed E-state index contributed by atoms with van der Waals surface area (Å²) in [5.41, 5.74) is 5.45. The summed E-state index contributed by atoms with van der Waals surface area (Å²) in [6.45, 7) is 12.4. The molecule has 10 N–H and O–H groups in total. The van der Waals surface area contributed by atoms with Crippen LogP contribution in [-0.2, 0) is 82.9 Å². The van der Waals surface area contributed by atoms with Crippen LogP contribution in [0.5, 0.6) is 5.75 Å². The van der Waals surface area contributed by atoms with Crippen LogP contribution in [0, 0.1) is 20.8 Å². The second-order valence-electron chi connectivity index (χ2n) is 28.5. The minimum Gasteiger partial charge on any atom is -0.491 e. The average molecular weight is 1720 g/mol. The van der Waals surface area contributed by atoms with Crippen LogP contribution in [0.1, 0.15) is 137 Å². The third kappa shape index (κ3) is 27.4. The van der Waals surface area contributed by atoms with E-state index in [1.54, 1.807) is 87.8 Å². The first-order valence-electron chi connectivity index (χ1n) is 39.7. The van der Waals surface area contributed by atoms with Gasteiger partial charge in [0, 0.05) is 158 Å². The number of carbonyl (C=O) groups excluding carboxylic acids is 10. The largest absolute Gasteiger partial charge is 0.491 e. The highest BCUT2D eigenvalue weighted by Gasteiger charge is 2.33. The zero-order chi connectivity index (χ0) is 87.2. The molecule has 0 saturated carbocycles. The number of anilines is 5. The Balaban J connectivity index is 0.476. The topological polar surface area (TPSA) is 456 Å². The molecule has 0 radical (unpaired) electrons. The van der Waals surface area contributed by atoms with E-state index in [9.17, 15) is 47.9 Å². The Labute approximate surface area is 713 Å². The Morgan fingerprint density at radius 3 is 1.51 bits per heavy atom. The fourth-order valence-electron chi connectivity index (χ4n) is 12.7. The number of rotatable bonds is 49. The molecule has 41 heteroatoms. The number of hydrogen-bond donors (Lipinski definition) is 10. The lowest BCUT2D eigenvalue weighted by molar-refractivity contribution is -0.122. The maximum atomic E-state index is 13.6. The number of carbonyl (C=O) groups is 10. The third-order valence-electron chi connectivity index (χ3n) is 19.0. The van der Waals surface area contributed by atoms with E-state index in [4.69, 9.17) is 45.0 Å². The second kappa shape index (κ2) is 45.9. The van der Waals surface area contributed by atoms with Crippen molar-refractivity contribution in [1.29, 1.82) is 0 Å². The Kier molecular flexibility index (Phi) is 34.6. The number of amides is 10. The smallest absolute Gasteiger partial charge is 0.291 e. The highest BCUT2D eigenvalue weighted by atomic mass is 35.5. The van der Waals surface area contributed by atoms with Gasteiger partial charge in [0.2, 0.25) is 41.2 Å². The van der Waals surface area contributed by atoms with Crippen LogP contribution in [0.25, 0.3) is 5.00 Å². The predicted molar refractivity (Wildman–Crippen MR) is 454 cm³/mol. The van der Waals surface area contributed by atoms with E-state index in [1.807, 2.05) is 42.8 Å². The molecule has 8 heterocycles. The maximum Gasteiger partial charge on any atom is 0.291 e. The van der Waals surface area contributed by atoms with Gasteiger partial charge in [-0.15, -0.1) is 21.5 Å². The van der Waals surface area contributed by atoms with Crippen LogP contribution in [-0.4, -0.2) is 248 Å². The minimum atomic E-state index is -0.640. The van der Waals surface area contributed by atoms with Crippen molar-refractivity contribution in [1.82, 2.24) is 84.0 Å². The number of nitrogens with one attached hydrogen (secondary N) is 10. The molecule has 0 fully saturated rings. The van der Waals surface area contributed by atoms with Gasteiger partial charge in [0.1, 0.15) is 40.6 Å². The quantitative estimate of drug-likeness (QED) is 0.0215. The van der Waals surface area contributed by atoms with Crippen LogP contribution in [0.3, 0.4) is 0 Å². The van der Waals surface area contributed by atoms with Gasteiger partial charge >= 0.3 is 0 Å². The summed E-state index contributed by atoms with van der Waals surface area (Å²) in [6, 6.07) is 17.1. The number of nitrogens with zero attached hydrogens (tertiary/aromatic N) is 13. The molecule has 1 aliphatic rings. The number of aryl methyl sites for hydroxylation is 7. The van der Waals surface area contributed by atoms with E-state index in [0.717, 1.165) is 51.1 Å². The molecule has 652 valence electrons. The summed E-state index contributed by atoms with van der Waals surface area (Å²) in [5.74, 6) is -1.94. The Bertz CT molecular complexity index is 5140. The molecule has 10 amide bonds. The fraction of sp³-hybridized carbons (Fsp3) is 0.432. The van der Waals surface area contributed by atoms with Gasteiger partial charge in [-0.1, -0.05) is 23.7 Å². The van der Waals surface area contributed by atoms with Crippen molar-refractivity contribution in [3.8, 4) is 10.8 Å². The SMILES string of the molecule is Cc1sc2c(c1C)C(c1ccc(Cl)cc1)=N[C@@H](CC(=O)Nc1ccc(OCCOCCOCCOCCOCCOCCC(=O)NCCCN(C)CCCNC(=O)CCNC(=O)c3nc(NC(=O)CCNC(=O)c4cc(NC(=O)c5nc(NC(=O)CCNC(=O)c6cc(NC(=O)c7nccn7C)cn6C)cn5C)cn4C)cn3C)cc1)c1nnc(C)n1-2. The molecule has 10 rings (SSSR count). The summed E-state index contributed by atoms with van der Waals surface area (Å²) in [5, 5.41) is 37.9. The zero-order valence-electron chi connectivity index (χ0n) is 69.6. The van der Waals surface area contributed by atoms with E-state index in [-0.39, 0.29) is 122 Å². The Morgan fingerprint density at radius 1 is 0.484 bits per heavy atom. The molecule has 1 aliphatic heterocycles. The number of fused-ring (bicyclic) bond motifs is 3. The van der Waals surface area contributed by atoms with Gasteiger partial charge in [0.25, 0.3) is 29.5 Å². The number of aliphatic imine (C=N–C) groups is 1. The Hall–Kier alpha value is -12.3. The van der Waals surface area contributed by atoms with Gasteiger partial charge in [-0.3, -0.25) is 57.5 Å². The van der Waals surface area contributed by atoms with Crippen LogP contribution < -0.4 is 57.9 Å². The first kappa shape index (κ1) is 92.0. The van der Waals surface area contributed by atoms with Gasteiger partial charge in [0.15, 0.2) is 23.3 Å². The molecular weight excluding hydrogens is 1620 g/mol. The van der Waals surface area contributed by atoms with E-state index >= 15 is 0 Å². The molecule has 122 heavy (non-hydrogen) atoms. The Morgan fingerprint density at radius 2 is 0.975 bits per heavy atom. The first-order chi connectivity index (χ1) is 58.7. The van der Waals surface area contributed by atoms with Gasteiger partial charge in [-0.2, -0.15) is 0 Å². The molecule has 9 aromatic rings. The van der Waals surface area contributed by atoms with Crippen molar-refractivity contribution >= 4 is 116 Å². The molecule has 2 aromatic carbocycles. The predicted octanol–water partition coefficient (Wildman–Crippen LogP) is 5.34. The molecule has 39 nitrogen and oxygen atoms in total. The van der Waals surface area contributed by atoms with E-state index < -0.39 is 47.4 Å². The lowest BCUT2D eigenvalue weighted by Gasteiger charge is -2.16. The van der Waals surface area contributed by atoms with Gasteiger partial charge in [-0.05, 0) is 108 Å². The van der Waals surface area contributed by atoms with Gasteiger partial charge in [0.05, 0.1) is 89.6 Å². The van der Waals surface area contributed by atoms with Gasteiger partial charge in [-0.25, -0.2) is 15.0 Å². The number of aromatic nitrogens is 11. The molecule has 0 saturated heterocycles. The monoisotopic (exact) mass is 1720 g/mol. The summed E-state index contributed by atoms with van der Waals surface area (Å²) >= 11 is 7.92. The standard InChI is InChI=1S/C81H104ClN23O16S/c1-51-52(2)122-81-70(51)71(54-12-14-55(82)15-13-54)92-60(72-98-97-53(3)105(72)81)46-69(110)89-56-16-18-59(19-17-56)121-43-42-120-41-40-119-39-38-118-37-36-117-35-34-116-33-23-66(107)84-25-11-31-99(4)30-10-24-83-65(106)20-26-88-78(113)74-95-63(49-103(74)8)93-67(108)21-27-87-77(112)62-45-58(48-102(62)7)91-80(115)75-96-64(50-104(75)9)94-68(109)22-28-86-76(111)61-44-57(47-101(61)6)90-79(114)73-85-29-32-100(73)5/h12-19,29,32,44-45,47-50,60H,10-11,20-28,30-31,33-43,46H2,1-9H3,(H,83,106)(H,84,107)(H,86,111)(H,87,112)(H,88,113)(H,89,110)(H,90,114)(H,91,115)(H,93,108)(H,94,109)/t60-/m0/s1. The third-order valence-corrected chi connectivity index (χ3v) is 20.5. The first-order valence-corrected chi connectivity index (χ1v) is 40.9. The van der Waals surface area contributed by atoms with E-state index in [1.165, 1.54) is 55.2 Å². The zero-order valence-corrected chi connectivity index (χ0v) is 71.2. The number of thiophene rings is 1. The molecule has 1 atom stereocenters. The van der Waals surface area contributed by atoms with Crippen molar-refractivity contribution in [3.05, 3.63) is 165 Å². The number of ether oxygens (including phenoxy) is 6. The number of imidazole rings is 3. The number of halogens is 1.